The number of rotatable bonds is 1. The molecule has 0 aromatic heterocycles. The van der Waals surface area contributed by atoms with Gasteiger partial charge in [-0.15, -0.1) is 0 Å². The number of hydrogen-bond donors (Lipinski definition) is 2. The molecule has 0 aromatic carbocycles. The quantitative estimate of drug-likeness (QED) is 0.534. The number of hydrogen-bond acceptors (Lipinski definition) is 2. The van der Waals surface area contributed by atoms with Gasteiger partial charge in [-0.3, -0.25) is 0 Å². The van der Waals surface area contributed by atoms with E-state index in [1.54, 1.807) is 0 Å². The molecule has 1 rings (SSSR count). The maximum absolute atomic E-state index is 9.27. The molecule has 10 heavy (non-hydrogen) atoms. The van der Waals surface area contributed by atoms with Crippen molar-refractivity contribution in [3.63, 3.8) is 0 Å². The molecule has 2 heteroatoms. The summed E-state index contributed by atoms with van der Waals surface area (Å²) in [4.78, 5) is 0. The standard InChI is InChI=1S/C8H17NO/c1-9-7-3-2-4-8(10)6-5-7/h7-10H,2-6H2,1H3. The van der Waals surface area contributed by atoms with E-state index in [-0.39, 0.29) is 6.10 Å². The molecule has 0 saturated heterocycles. The molecular formula is C8H17NO. The minimum Gasteiger partial charge on any atom is -0.393 e. The summed E-state index contributed by atoms with van der Waals surface area (Å²) in [5.41, 5.74) is 0. The normalized spacial score (nSPS) is 35.4. The van der Waals surface area contributed by atoms with Crippen LogP contribution in [-0.4, -0.2) is 24.3 Å². The van der Waals surface area contributed by atoms with E-state index in [0.717, 1.165) is 19.3 Å². The first-order chi connectivity index (χ1) is 4.83. The molecule has 0 bridgehead atoms. The Morgan fingerprint density at radius 3 is 2.70 bits per heavy atom. The number of nitrogens with one attached hydrogen (secondary N) is 1. The van der Waals surface area contributed by atoms with Crippen LogP contribution in [0.15, 0.2) is 0 Å². The zero-order valence-electron chi connectivity index (χ0n) is 6.64. The predicted molar refractivity (Wildman–Crippen MR) is 41.9 cm³/mol. The van der Waals surface area contributed by atoms with Gasteiger partial charge in [0.1, 0.15) is 0 Å². The summed E-state index contributed by atoms with van der Waals surface area (Å²) >= 11 is 0. The first kappa shape index (κ1) is 8.02. The van der Waals surface area contributed by atoms with Crippen molar-refractivity contribution in [1.29, 1.82) is 0 Å². The van der Waals surface area contributed by atoms with E-state index in [0.29, 0.717) is 6.04 Å². The second-order valence-corrected chi connectivity index (χ2v) is 3.15. The van der Waals surface area contributed by atoms with Crippen molar-refractivity contribution in [3.8, 4) is 0 Å². The lowest BCUT2D eigenvalue weighted by Gasteiger charge is -2.11. The lowest BCUT2D eigenvalue weighted by molar-refractivity contribution is 0.156. The van der Waals surface area contributed by atoms with Crippen molar-refractivity contribution >= 4 is 0 Å². The van der Waals surface area contributed by atoms with Crippen LogP contribution >= 0.6 is 0 Å². The SMILES string of the molecule is CNC1CCCC(O)CC1. The van der Waals surface area contributed by atoms with E-state index in [9.17, 15) is 5.11 Å². The number of aliphatic hydroxyl groups is 1. The average Bonchev–Trinajstić information content (AvgIpc) is 2.14. The van der Waals surface area contributed by atoms with Gasteiger partial charge in [0.05, 0.1) is 6.10 Å². The molecule has 0 amide bonds. The highest BCUT2D eigenvalue weighted by molar-refractivity contribution is 4.72. The predicted octanol–water partition coefficient (Wildman–Crippen LogP) is 0.899. The molecule has 2 nitrogen and oxygen atoms in total. The zero-order valence-corrected chi connectivity index (χ0v) is 6.64. The van der Waals surface area contributed by atoms with Crippen LogP contribution in [0, 0.1) is 0 Å². The van der Waals surface area contributed by atoms with E-state index in [4.69, 9.17) is 0 Å². The Hall–Kier alpha value is -0.0800. The lowest BCUT2D eigenvalue weighted by Crippen LogP contribution is -2.24. The highest BCUT2D eigenvalue weighted by Gasteiger charge is 2.14. The van der Waals surface area contributed by atoms with Gasteiger partial charge < -0.3 is 10.4 Å². The van der Waals surface area contributed by atoms with E-state index in [1.165, 1.54) is 12.8 Å². The molecule has 0 heterocycles. The first-order valence-electron chi connectivity index (χ1n) is 4.18. The smallest absolute Gasteiger partial charge is 0.0540 e. The minimum atomic E-state index is -0.0293. The Morgan fingerprint density at radius 1 is 1.20 bits per heavy atom. The molecule has 0 aromatic rings. The van der Waals surface area contributed by atoms with Gasteiger partial charge in [0.2, 0.25) is 0 Å². The molecule has 2 unspecified atom stereocenters. The second kappa shape index (κ2) is 3.94. The Labute approximate surface area is 62.6 Å². The lowest BCUT2D eigenvalue weighted by atomic mass is 10.1. The molecule has 2 N–H and O–H groups in total. The monoisotopic (exact) mass is 143 g/mol. The summed E-state index contributed by atoms with van der Waals surface area (Å²) in [6, 6.07) is 0.650. The van der Waals surface area contributed by atoms with Gasteiger partial charge >= 0.3 is 0 Å². The van der Waals surface area contributed by atoms with Crippen LogP contribution in [0.4, 0.5) is 0 Å². The van der Waals surface area contributed by atoms with Crippen molar-refractivity contribution in [2.75, 3.05) is 7.05 Å². The van der Waals surface area contributed by atoms with Crippen LogP contribution in [0.3, 0.4) is 0 Å². The van der Waals surface area contributed by atoms with Crippen LogP contribution in [0.25, 0.3) is 0 Å². The van der Waals surface area contributed by atoms with Gasteiger partial charge in [0.15, 0.2) is 0 Å². The Bertz CT molecular complexity index is 95.3. The molecule has 0 aliphatic heterocycles. The Kier molecular flexibility index (Phi) is 3.16. The van der Waals surface area contributed by atoms with E-state index in [2.05, 4.69) is 5.32 Å². The van der Waals surface area contributed by atoms with Crippen molar-refractivity contribution in [2.45, 2.75) is 44.2 Å². The second-order valence-electron chi connectivity index (χ2n) is 3.15. The summed E-state index contributed by atoms with van der Waals surface area (Å²) < 4.78 is 0. The fourth-order valence-corrected chi connectivity index (χ4v) is 1.57. The van der Waals surface area contributed by atoms with Crippen molar-refractivity contribution in [1.82, 2.24) is 5.32 Å². The van der Waals surface area contributed by atoms with Gasteiger partial charge in [-0.05, 0) is 39.2 Å². The molecular weight excluding hydrogens is 126 g/mol. The Balaban J connectivity index is 2.26. The summed E-state index contributed by atoms with van der Waals surface area (Å²) in [5.74, 6) is 0. The Morgan fingerprint density at radius 2 is 2.00 bits per heavy atom. The molecule has 1 fully saturated rings. The van der Waals surface area contributed by atoms with Crippen LogP contribution in [0.1, 0.15) is 32.1 Å². The summed E-state index contributed by atoms with van der Waals surface area (Å²) in [6.45, 7) is 0. The molecule has 0 radical (unpaired) electrons. The van der Waals surface area contributed by atoms with Gasteiger partial charge in [-0.25, -0.2) is 0 Å². The minimum absolute atomic E-state index is 0.0293. The highest BCUT2D eigenvalue weighted by atomic mass is 16.3. The summed E-state index contributed by atoms with van der Waals surface area (Å²) in [6.07, 6.45) is 5.49. The fourth-order valence-electron chi connectivity index (χ4n) is 1.57. The van der Waals surface area contributed by atoms with Crippen LogP contribution in [0.5, 0.6) is 0 Å². The molecule has 1 saturated carbocycles. The maximum atomic E-state index is 9.27. The van der Waals surface area contributed by atoms with Crippen molar-refractivity contribution in [3.05, 3.63) is 0 Å². The van der Waals surface area contributed by atoms with Crippen LogP contribution < -0.4 is 5.32 Å². The van der Waals surface area contributed by atoms with Crippen molar-refractivity contribution < 1.29 is 5.11 Å². The molecule has 2 atom stereocenters. The third-order valence-electron chi connectivity index (χ3n) is 2.35. The largest absolute Gasteiger partial charge is 0.393 e. The van der Waals surface area contributed by atoms with Crippen LogP contribution in [0.2, 0.25) is 0 Å². The maximum Gasteiger partial charge on any atom is 0.0540 e. The van der Waals surface area contributed by atoms with Gasteiger partial charge in [0, 0.05) is 6.04 Å². The average molecular weight is 143 g/mol. The molecule has 0 spiro atoms. The first-order valence-corrected chi connectivity index (χ1v) is 4.18. The highest BCUT2D eigenvalue weighted by Crippen LogP contribution is 2.17. The zero-order chi connectivity index (χ0) is 7.40. The number of aliphatic hydroxyl groups excluding tert-OH is 1. The van der Waals surface area contributed by atoms with Gasteiger partial charge in [-0.2, -0.15) is 0 Å². The van der Waals surface area contributed by atoms with Crippen LogP contribution in [-0.2, 0) is 0 Å². The molecule has 1 aliphatic carbocycles. The third-order valence-corrected chi connectivity index (χ3v) is 2.35. The van der Waals surface area contributed by atoms with Crippen molar-refractivity contribution in [2.24, 2.45) is 0 Å². The fraction of sp³-hybridized carbons (Fsp3) is 1.00. The van der Waals surface area contributed by atoms with Gasteiger partial charge in [-0.1, -0.05) is 0 Å². The third kappa shape index (κ3) is 2.27. The van der Waals surface area contributed by atoms with Gasteiger partial charge in [0.25, 0.3) is 0 Å². The topological polar surface area (TPSA) is 32.3 Å². The van der Waals surface area contributed by atoms with E-state index >= 15 is 0 Å². The van der Waals surface area contributed by atoms with E-state index < -0.39 is 0 Å². The van der Waals surface area contributed by atoms with E-state index in [1.807, 2.05) is 7.05 Å². The molecule has 1 aliphatic rings. The molecule has 60 valence electrons. The summed E-state index contributed by atoms with van der Waals surface area (Å²) in [5, 5.41) is 12.5. The summed E-state index contributed by atoms with van der Waals surface area (Å²) in [7, 11) is 2.00.